The Morgan fingerprint density at radius 3 is 3.06 bits per heavy atom. The van der Waals surface area contributed by atoms with Crippen LogP contribution in [0.15, 0.2) is 22.8 Å². The van der Waals surface area contributed by atoms with Gasteiger partial charge in [0.15, 0.2) is 0 Å². The Balaban J connectivity index is 2.12. The van der Waals surface area contributed by atoms with Gasteiger partial charge in [-0.2, -0.15) is 0 Å². The number of rotatable bonds is 1. The summed E-state index contributed by atoms with van der Waals surface area (Å²) in [6, 6.07) is 5.97. The molecule has 0 spiro atoms. The second kappa shape index (κ2) is 4.95. The fourth-order valence-corrected chi connectivity index (χ4v) is 2.51. The lowest BCUT2D eigenvalue weighted by Gasteiger charge is -2.31. The van der Waals surface area contributed by atoms with Crippen LogP contribution in [0.5, 0.6) is 0 Å². The zero-order valence-corrected chi connectivity index (χ0v) is 10.9. The molecule has 0 aliphatic carbocycles. The van der Waals surface area contributed by atoms with Crippen LogP contribution >= 0.6 is 15.9 Å². The molecular weight excluding hydrogens is 268 g/mol. The molecule has 1 aromatic rings. The summed E-state index contributed by atoms with van der Waals surface area (Å²) in [6.07, 6.45) is 2.19. The van der Waals surface area contributed by atoms with Crippen LogP contribution < -0.4 is 0 Å². The molecule has 1 aliphatic heterocycles. The van der Waals surface area contributed by atoms with Crippen molar-refractivity contribution in [2.75, 3.05) is 13.1 Å². The van der Waals surface area contributed by atoms with Gasteiger partial charge in [0.05, 0.1) is 0 Å². The molecule has 1 fully saturated rings. The normalized spacial score (nSPS) is 20.9. The van der Waals surface area contributed by atoms with Crippen molar-refractivity contribution >= 4 is 21.8 Å². The van der Waals surface area contributed by atoms with Crippen LogP contribution in [-0.2, 0) is 4.79 Å². The third kappa shape index (κ3) is 2.61. The average molecular weight is 283 g/mol. The number of likely N-dealkylation sites (tertiary alicyclic amines) is 1. The molecule has 1 unspecified atom stereocenters. The molecule has 1 atom stereocenters. The minimum absolute atomic E-state index is 0.166. The largest absolute Gasteiger partial charge is 0.342 e. The highest BCUT2D eigenvalue weighted by atomic mass is 79.9. The smallest absolute Gasteiger partial charge is 0.219 e. The lowest BCUT2D eigenvalue weighted by Crippen LogP contribution is -2.37. The molecule has 1 aromatic heterocycles. The molecule has 1 saturated heterocycles. The monoisotopic (exact) mass is 282 g/mol. The van der Waals surface area contributed by atoms with Gasteiger partial charge in [-0.15, -0.1) is 0 Å². The fourth-order valence-electron chi connectivity index (χ4n) is 2.16. The number of hydrogen-bond donors (Lipinski definition) is 0. The van der Waals surface area contributed by atoms with E-state index in [1.165, 1.54) is 0 Å². The molecule has 1 aliphatic rings. The summed E-state index contributed by atoms with van der Waals surface area (Å²) in [5, 5.41) is 0. The summed E-state index contributed by atoms with van der Waals surface area (Å²) >= 11 is 3.38. The van der Waals surface area contributed by atoms with Gasteiger partial charge in [-0.25, -0.2) is 4.98 Å². The minimum atomic E-state index is 0.166. The first kappa shape index (κ1) is 11.6. The fraction of sp³-hybridized carbons (Fsp3) is 0.500. The zero-order chi connectivity index (χ0) is 11.5. The van der Waals surface area contributed by atoms with E-state index in [1.54, 1.807) is 6.92 Å². The standard InChI is InChI=1S/C12H15BrN2O/c1-9(16)15-7-3-4-10(8-15)11-5-2-6-12(13)14-11/h2,5-6,10H,3-4,7-8H2,1H3. The van der Waals surface area contributed by atoms with E-state index in [0.717, 1.165) is 36.2 Å². The minimum Gasteiger partial charge on any atom is -0.342 e. The number of nitrogens with zero attached hydrogens (tertiary/aromatic N) is 2. The Labute approximate surface area is 104 Å². The molecular formula is C12H15BrN2O. The van der Waals surface area contributed by atoms with E-state index in [0.29, 0.717) is 5.92 Å². The number of piperidine rings is 1. The Hall–Kier alpha value is -0.900. The summed E-state index contributed by atoms with van der Waals surface area (Å²) in [7, 11) is 0. The van der Waals surface area contributed by atoms with Crippen molar-refractivity contribution in [1.29, 1.82) is 0 Å². The van der Waals surface area contributed by atoms with Crippen molar-refractivity contribution in [3.63, 3.8) is 0 Å². The molecule has 0 saturated carbocycles. The second-order valence-electron chi connectivity index (χ2n) is 4.19. The molecule has 0 bridgehead atoms. The van der Waals surface area contributed by atoms with E-state index < -0.39 is 0 Å². The van der Waals surface area contributed by atoms with Crippen molar-refractivity contribution < 1.29 is 4.79 Å². The first-order valence-corrected chi connectivity index (χ1v) is 6.34. The van der Waals surface area contributed by atoms with E-state index in [-0.39, 0.29) is 5.91 Å². The van der Waals surface area contributed by atoms with Crippen LogP contribution in [0, 0.1) is 0 Å². The molecule has 3 nitrogen and oxygen atoms in total. The maximum atomic E-state index is 11.3. The van der Waals surface area contributed by atoms with Gasteiger partial charge in [0.2, 0.25) is 5.91 Å². The van der Waals surface area contributed by atoms with Crippen molar-refractivity contribution in [3.8, 4) is 0 Å². The average Bonchev–Trinajstić information content (AvgIpc) is 2.29. The molecule has 1 amide bonds. The Bertz CT molecular complexity index is 394. The number of carbonyl (C=O) groups is 1. The third-order valence-electron chi connectivity index (χ3n) is 3.02. The van der Waals surface area contributed by atoms with E-state index in [1.807, 2.05) is 23.1 Å². The topological polar surface area (TPSA) is 33.2 Å². The lowest BCUT2D eigenvalue weighted by molar-refractivity contribution is -0.130. The van der Waals surface area contributed by atoms with Gasteiger partial charge in [-0.1, -0.05) is 6.07 Å². The first-order valence-electron chi connectivity index (χ1n) is 5.55. The van der Waals surface area contributed by atoms with Crippen molar-refractivity contribution in [3.05, 3.63) is 28.5 Å². The molecule has 0 aromatic carbocycles. The summed E-state index contributed by atoms with van der Waals surface area (Å²) < 4.78 is 0.866. The molecule has 2 heterocycles. The Morgan fingerprint density at radius 1 is 1.56 bits per heavy atom. The summed E-state index contributed by atoms with van der Waals surface area (Å²) in [4.78, 5) is 17.7. The maximum Gasteiger partial charge on any atom is 0.219 e. The molecule has 16 heavy (non-hydrogen) atoms. The third-order valence-corrected chi connectivity index (χ3v) is 3.46. The molecule has 0 N–H and O–H groups in total. The van der Waals surface area contributed by atoms with Crippen LogP contribution in [0.1, 0.15) is 31.4 Å². The number of carbonyl (C=O) groups excluding carboxylic acids is 1. The Morgan fingerprint density at radius 2 is 2.38 bits per heavy atom. The van der Waals surface area contributed by atoms with Crippen LogP contribution in [0.3, 0.4) is 0 Å². The summed E-state index contributed by atoms with van der Waals surface area (Å²) in [6.45, 7) is 3.33. The quantitative estimate of drug-likeness (QED) is 0.742. The molecule has 2 rings (SSSR count). The first-order chi connectivity index (χ1) is 7.66. The second-order valence-corrected chi connectivity index (χ2v) is 5.00. The van der Waals surface area contributed by atoms with Gasteiger partial charge in [0.25, 0.3) is 0 Å². The van der Waals surface area contributed by atoms with E-state index in [2.05, 4.69) is 20.9 Å². The number of aromatic nitrogens is 1. The zero-order valence-electron chi connectivity index (χ0n) is 9.32. The van der Waals surface area contributed by atoms with E-state index >= 15 is 0 Å². The van der Waals surface area contributed by atoms with Crippen molar-refractivity contribution in [2.45, 2.75) is 25.7 Å². The Kier molecular flexibility index (Phi) is 3.59. The van der Waals surface area contributed by atoms with Gasteiger partial charge in [0.1, 0.15) is 4.60 Å². The van der Waals surface area contributed by atoms with Gasteiger partial charge in [-0.05, 0) is 40.9 Å². The van der Waals surface area contributed by atoms with Gasteiger partial charge in [0, 0.05) is 31.6 Å². The number of pyridine rings is 1. The highest BCUT2D eigenvalue weighted by molar-refractivity contribution is 9.10. The van der Waals surface area contributed by atoms with E-state index in [4.69, 9.17) is 0 Å². The highest BCUT2D eigenvalue weighted by Crippen LogP contribution is 2.26. The number of halogens is 1. The van der Waals surface area contributed by atoms with Gasteiger partial charge in [-0.3, -0.25) is 4.79 Å². The molecule has 4 heteroatoms. The summed E-state index contributed by atoms with van der Waals surface area (Å²) in [5.74, 6) is 0.551. The van der Waals surface area contributed by atoms with Crippen molar-refractivity contribution in [1.82, 2.24) is 9.88 Å². The lowest BCUT2D eigenvalue weighted by atomic mass is 9.94. The van der Waals surface area contributed by atoms with Crippen molar-refractivity contribution in [2.24, 2.45) is 0 Å². The number of amides is 1. The molecule has 0 radical (unpaired) electrons. The van der Waals surface area contributed by atoms with Crippen LogP contribution in [0.4, 0.5) is 0 Å². The molecule has 86 valence electrons. The predicted octanol–water partition coefficient (Wildman–Crippen LogP) is 2.57. The van der Waals surface area contributed by atoms with Crippen LogP contribution in [0.25, 0.3) is 0 Å². The predicted molar refractivity (Wildman–Crippen MR) is 66.2 cm³/mol. The van der Waals surface area contributed by atoms with Crippen LogP contribution in [-0.4, -0.2) is 28.9 Å². The number of hydrogen-bond acceptors (Lipinski definition) is 2. The van der Waals surface area contributed by atoms with Gasteiger partial charge < -0.3 is 4.90 Å². The summed E-state index contributed by atoms with van der Waals surface area (Å²) in [5.41, 5.74) is 1.08. The van der Waals surface area contributed by atoms with Gasteiger partial charge >= 0.3 is 0 Å². The van der Waals surface area contributed by atoms with E-state index in [9.17, 15) is 4.79 Å². The maximum absolute atomic E-state index is 11.3. The SMILES string of the molecule is CC(=O)N1CCCC(c2cccc(Br)n2)C1. The highest BCUT2D eigenvalue weighted by Gasteiger charge is 2.23. The van der Waals surface area contributed by atoms with Crippen LogP contribution in [0.2, 0.25) is 0 Å².